The van der Waals surface area contributed by atoms with Crippen LogP contribution < -0.4 is 4.90 Å². The monoisotopic (exact) mass is 479 g/mol. The number of anilines is 1. The summed E-state index contributed by atoms with van der Waals surface area (Å²) in [6, 6.07) is 13.9. The molecule has 8 heteroatoms. The first-order valence-electron chi connectivity index (χ1n) is 8.69. The number of halogens is 2. The Bertz CT molecular complexity index is 1040. The van der Waals surface area contributed by atoms with Crippen molar-refractivity contribution in [2.75, 3.05) is 31.1 Å². The van der Waals surface area contributed by atoms with Crippen LogP contribution in [0.3, 0.4) is 0 Å². The first kappa shape index (κ1) is 20.7. The van der Waals surface area contributed by atoms with Gasteiger partial charge in [0.1, 0.15) is 6.07 Å². The second kappa shape index (κ2) is 8.56. The average Bonchev–Trinajstić information content (AvgIpc) is 2.68. The van der Waals surface area contributed by atoms with Crippen LogP contribution in [0.2, 0.25) is 5.02 Å². The van der Waals surface area contributed by atoms with Crippen molar-refractivity contribution < 1.29 is 8.42 Å². The Kier molecular flexibility index (Phi) is 6.33. The Labute approximate surface area is 178 Å². The predicted octanol–water partition coefficient (Wildman–Crippen LogP) is 4.37. The third-order valence-electron chi connectivity index (χ3n) is 4.65. The summed E-state index contributed by atoms with van der Waals surface area (Å²) in [4.78, 5) is 3.96. The van der Waals surface area contributed by atoms with E-state index in [0.717, 1.165) is 15.7 Å². The van der Waals surface area contributed by atoms with Crippen molar-refractivity contribution in [2.45, 2.75) is 11.8 Å². The van der Waals surface area contributed by atoms with E-state index in [1.54, 1.807) is 12.1 Å². The predicted molar refractivity (Wildman–Crippen MR) is 115 cm³/mol. The van der Waals surface area contributed by atoms with E-state index >= 15 is 0 Å². The van der Waals surface area contributed by atoms with Gasteiger partial charge < -0.3 is 9.80 Å². The van der Waals surface area contributed by atoms with Crippen molar-refractivity contribution in [3.63, 3.8) is 0 Å². The number of piperazine rings is 1. The van der Waals surface area contributed by atoms with Crippen molar-refractivity contribution in [1.82, 2.24) is 4.90 Å². The van der Waals surface area contributed by atoms with Gasteiger partial charge in [-0.3, -0.25) is 0 Å². The molecule has 146 valence electrons. The Morgan fingerprint density at radius 2 is 1.79 bits per heavy atom. The van der Waals surface area contributed by atoms with E-state index in [0.29, 0.717) is 31.2 Å². The van der Waals surface area contributed by atoms with Crippen LogP contribution in [0.25, 0.3) is 0 Å². The van der Waals surface area contributed by atoms with Crippen molar-refractivity contribution in [3.8, 4) is 6.07 Å². The van der Waals surface area contributed by atoms with Gasteiger partial charge in [0.25, 0.3) is 0 Å². The highest BCUT2D eigenvalue weighted by molar-refractivity contribution is 9.10. The highest BCUT2D eigenvalue weighted by Gasteiger charge is 2.23. The molecule has 0 radical (unpaired) electrons. The minimum absolute atomic E-state index is 0.108. The molecule has 0 bridgehead atoms. The summed E-state index contributed by atoms with van der Waals surface area (Å²) in [6.07, 6.45) is 1.46. The topological polar surface area (TPSA) is 64.4 Å². The molecule has 2 aromatic rings. The molecule has 0 saturated carbocycles. The molecular formula is C20H19BrClN3O2S. The summed E-state index contributed by atoms with van der Waals surface area (Å²) in [7, 11) is -3.84. The summed E-state index contributed by atoms with van der Waals surface area (Å²) in [5.74, 6) is 0. The molecule has 0 aliphatic carbocycles. The standard InChI is InChI=1S/C20H19BrClN3O2S/c1-15-2-5-17(22)12-20(15)25-10-8-24(9-11-25)14-19(13-23)28(26,27)18-6-3-16(21)4-7-18/h2-7,12,14H,8-11H2,1H3/b19-14-. The number of aryl methyl sites for hydroxylation is 1. The molecule has 0 amide bonds. The Hall–Kier alpha value is -2.01. The van der Waals surface area contributed by atoms with E-state index in [-0.39, 0.29) is 9.80 Å². The zero-order valence-electron chi connectivity index (χ0n) is 15.3. The number of hydrogen-bond acceptors (Lipinski definition) is 5. The van der Waals surface area contributed by atoms with Gasteiger partial charge in [-0.05, 0) is 48.9 Å². The maximum atomic E-state index is 12.8. The molecule has 0 spiro atoms. The molecule has 1 fully saturated rings. The van der Waals surface area contributed by atoms with Crippen molar-refractivity contribution >= 4 is 43.1 Å². The van der Waals surface area contributed by atoms with Gasteiger partial charge in [0.05, 0.1) is 4.90 Å². The van der Waals surface area contributed by atoms with E-state index in [9.17, 15) is 13.7 Å². The number of benzene rings is 2. The Morgan fingerprint density at radius 3 is 2.39 bits per heavy atom. The second-order valence-corrected chi connectivity index (χ2v) is 9.79. The van der Waals surface area contributed by atoms with Gasteiger partial charge in [-0.2, -0.15) is 5.26 Å². The van der Waals surface area contributed by atoms with Crippen molar-refractivity contribution in [2.24, 2.45) is 0 Å². The second-order valence-electron chi connectivity index (χ2n) is 6.52. The van der Waals surface area contributed by atoms with Gasteiger partial charge in [-0.25, -0.2) is 8.42 Å². The van der Waals surface area contributed by atoms with Crippen LogP contribution in [0.5, 0.6) is 0 Å². The molecule has 28 heavy (non-hydrogen) atoms. The number of rotatable bonds is 4. The lowest BCUT2D eigenvalue weighted by Crippen LogP contribution is -2.44. The smallest absolute Gasteiger partial charge is 0.218 e. The van der Waals surface area contributed by atoms with Crippen LogP contribution in [0, 0.1) is 18.3 Å². The van der Waals surface area contributed by atoms with Gasteiger partial charge in [-0.1, -0.05) is 33.6 Å². The van der Waals surface area contributed by atoms with E-state index in [2.05, 4.69) is 20.8 Å². The molecule has 1 aliphatic rings. The number of nitriles is 1. The maximum Gasteiger partial charge on any atom is 0.218 e. The molecule has 0 N–H and O–H groups in total. The fourth-order valence-corrected chi connectivity index (χ4v) is 4.67. The van der Waals surface area contributed by atoms with Crippen LogP contribution in [0.1, 0.15) is 5.56 Å². The average molecular weight is 481 g/mol. The molecule has 1 aliphatic heterocycles. The highest BCUT2D eigenvalue weighted by atomic mass is 79.9. The fraction of sp³-hybridized carbons (Fsp3) is 0.250. The molecule has 5 nitrogen and oxygen atoms in total. The van der Waals surface area contributed by atoms with E-state index in [1.807, 2.05) is 36.1 Å². The Morgan fingerprint density at radius 1 is 1.14 bits per heavy atom. The van der Waals surface area contributed by atoms with Gasteiger partial charge >= 0.3 is 0 Å². The van der Waals surface area contributed by atoms with Crippen molar-refractivity contribution in [3.05, 3.63) is 68.6 Å². The number of sulfone groups is 1. The maximum absolute atomic E-state index is 12.8. The lowest BCUT2D eigenvalue weighted by atomic mass is 10.1. The van der Waals surface area contributed by atoms with Crippen molar-refractivity contribution in [1.29, 1.82) is 5.26 Å². The van der Waals surface area contributed by atoms with Crippen LogP contribution in [0.15, 0.2) is 62.9 Å². The number of hydrogen-bond donors (Lipinski definition) is 0. The van der Waals surface area contributed by atoms with E-state index < -0.39 is 9.84 Å². The fourth-order valence-electron chi connectivity index (χ4n) is 3.08. The molecule has 1 heterocycles. The lowest BCUT2D eigenvalue weighted by Gasteiger charge is -2.36. The van der Waals surface area contributed by atoms with E-state index in [1.165, 1.54) is 18.3 Å². The normalized spacial score (nSPS) is 15.4. The molecule has 3 rings (SSSR count). The lowest BCUT2D eigenvalue weighted by molar-refractivity contribution is 0.348. The summed E-state index contributed by atoms with van der Waals surface area (Å²) >= 11 is 9.40. The quantitative estimate of drug-likeness (QED) is 0.608. The molecule has 1 saturated heterocycles. The van der Waals surface area contributed by atoms with Crippen LogP contribution >= 0.6 is 27.5 Å². The zero-order valence-corrected chi connectivity index (χ0v) is 18.4. The molecule has 2 aromatic carbocycles. The zero-order chi connectivity index (χ0) is 20.3. The SMILES string of the molecule is Cc1ccc(Cl)cc1N1CCN(/C=C(/C#N)S(=O)(=O)c2ccc(Br)cc2)CC1. The van der Waals surface area contributed by atoms with Crippen LogP contribution in [-0.4, -0.2) is 39.5 Å². The molecular weight excluding hydrogens is 462 g/mol. The first-order valence-corrected chi connectivity index (χ1v) is 11.3. The minimum Gasteiger partial charge on any atom is -0.372 e. The summed E-state index contributed by atoms with van der Waals surface area (Å²) in [5.41, 5.74) is 2.23. The summed E-state index contributed by atoms with van der Waals surface area (Å²) in [6.45, 7) is 4.71. The number of allylic oxidation sites excluding steroid dienone is 1. The Balaban J connectivity index is 1.76. The van der Waals surface area contributed by atoms with Gasteiger partial charge in [0.15, 0.2) is 4.91 Å². The minimum atomic E-state index is -3.84. The molecule has 0 unspecified atom stereocenters. The molecule has 0 atom stereocenters. The number of nitrogens with zero attached hydrogens (tertiary/aromatic N) is 3. The van der Waals surface area contributed by atoms with Crippen LogP contribution in [0.4, 0.5) is 5.69 Å². The third-order valence-corrected chi connectivity index (χ3v) is 7.08. The third kappa shape index (κ3) is 4.52. The highest BCUT2D eigenvalue weighted by Crippen LogP contribution is 2.26. The van der Waals surface area contributed by atoms with Gasteiger partial charge in [0, 0.05) is 47.6 Å². The summed E-state index contributed by atoms with van der Waals surface area (Å²) in [5, 5.41) is 10.1. The van der Waals surface area contributed by atoms with Gasteiger partial charge in [0.2, 0.25) is 9.84 Å². The van der Waals surface area contributed by atoms with Crippen LogP contribution in [-0.2, 0) is 9.84 Å². The van der Waals surface area contributed by atoms with E-state index in [4.69, 9.17) is 11.6 Å². The van der Waals surface area contributed by atoms with Gasteiger partial charge in [-0.15, -0.1) is 0 Å². The molecule has 0 aromatic heterocycles. The first-order chi connectivity index (χ1) is 13.3. The summed E-state index contributed by atoms with van der Waals surface area (Å²) < 4.78 is 26.3. The largest absolute Gasteiger partial charge is 0.372 e.